The van der Waals surface area contributed by atoms with Gasteiger partial charge in [0.05, 0.1) is 0 Å². The molecule has 0 saturated carbocycles. The molecule has 1 saturated heterocycles. The molecule has 2 aliphatic heterocycles. The van der Waals surface area contributed by atoms with Gasteiger partial charge >= 0.3 is 12.1 Å². The zero-order chi connectivity index (χ0) is 23.5. The van der Waals surface area contributed by atoms with Crippen LogP contribution >= 0.6 is 0 Å². The molecule has 3 rings (SSSR count). The lowest BCUT2D eigenvalue weighted by molar-refractivity contribution is -0.173. The van der Waals surface area contributed by atoms with Crippen LogP contribution in [-0.2, 0) is 20.9 Å². The Bertz CT molecular complexity index is 935. The van der Waals surface area contributed by atoms with Crippen molar-refractivity contribution in [1.82, 2.24) is 15.5 Å². The third kappa shape index (κ3) is 5.35. The number of piperidine rings is 1. The number of rotatable bonds is 8. The maximum absolute atomic E-state index is 14.1. The summed E-state index contributed by atoms with van der Waals surface area (Å²) in [6.45, 7) is 0.353. The van der Waals surface area contributed by atoms with Crippen LogP contribution < -0.4 is 16.0 Å². The minimum Gasteiger partial charge on any atom is -0.385 e. The molecule has 32 heavy (non-hydrogen) atoms. The number of unbranched alkanes of at least 4 members (excludes halogenated alkanes) is 2. The molecule has 0 aliphatic carbocycles. The molecular formula is C20H22F4N4O4. The average molecular weight is 458 g/mol. The van der Waals surface area contributed by atoms with Gasteiger partial charge in [0, 0.05) is 42.9 Å². The smallest absolute Gasteiger partial charge is 0.385 e. The van der Waals surface area contributed by atoms with Crippen molar-refractivity contribution in [1.29, 1.82) is 0 Å². The monoisotopic (exact) mass is 458 g/mol. The molecule has 1 unspecified atom stereocenters. The van der Waals surface area contributed by atoms with Crippen LogP contribution in [0.3, 0.4) is 0 Å². The molecule has 1 fully saturated rings. The fraction of sp³-hybridized carbons (Fsp3) is 0.500. The summed E-state index contributed by atoms with van der Waals surface area (Å²) in [5.41, 5.74) is 1.08. The van der Waals surface area contributed by atoms with Crippen LogP contribution in [0.2, 0.25) is 0 Å². The van der Waals surface area contributed by atoms with Crippen molar-refractivity contribution in [3.8, 4) is 0 Å². The van der Waals surface area contributed by atoms with Crippen molar-refractivity contribution in [3.63, 3.8) is 0 Å². The highest BCUT2D eigenvalue weighted by atomic mass is 19.4. The average Bonchev–Trinajstić information content (AvgIpc) is 3.02. The zero-order valence-electron chi connectivity index (χ0n) is 17.0. The van der Waals surface area contributed by atoms with Crippen LogP contribution in [0, 0.1) is 5.82 Å². The maximum atomic E-state index is 14.1. The van der Waals surface area contributed by atoms with Gasteiger partial charge in [-0.1, -0.05) is 0 Å². The van der Waals surface area contributed by atoms with Gasteiger partial charge in [0.25, 0.3) is 5.91 Å². The second-order valence-corrected chi connectivity index (χ2v) is 7.62. The highest BCUT2D eigenvalue weighted by Gasteiger charge is 2.40. The molecule has 4 amide bonds. The van der Waals surface area contributed by atoms with Gasteiger partial charge in [-0.15, -0.1) is 0 Å². The van der Waals surface area contributed by atoms with E-state index in [1.807, 2.05) is 0 Å². The molecule has 2 aliphatic rings. The van der Waals surface area contributed by atoms with E-state index in [1.165, 1.54) is 11.0 Å². The lowest BCUT2D eigenvalue weighted by Crippen LogP contribution is -2.52. The third-order valence-corrected chi connectivity index (χ3v) is 5.33. The van der Waals surface area contributed by atoms with Gasteiger partial charge in [0.1, 0.15) is 11.9 Å². The van der Waals surface area contributed by atoms with Crippen molar-refractivity contribution < 1.29 is 36.7 Å². The lowest BCUT2D eigenvalue weighted by Gasteiger charge is -2.29. The molecule has 174 valence electrons. The van der Waals surface area contributed by atoms with E-state index in [0.29, 0.717) is 37.1 Å². The zero-order valence-corrected chi connectivity index (χ0v) is 17.0. The molecule has 3 N–H and O–H groups in total. The van der Waals surface area contributed by atoms with Gasteiger partial charge in [0.2, 0.25) is 11.8 Å². The number of anilines is 1. The molecule has 1 aromatic rings. The standard InChI is InChI=1S/C20H22F4N4O4/c21-11-8-12-13(10-28(18(12)31)15-4-5-16(29)27-17(15)30)14(9-11)25-6-2-1-3-7-26-19(32)20(22,23)24/h8-9,15,25H,1-7,10H2,(H,26,32)(H,27,29,30). The van der Waals surface area contributed by atoms with Gasteiger partial charge < -0.3 is 15.5 Å². The van der Waals surface area contributed by atoms with Crippen LogP contribution in [0.5, 0.6) is 0 Å². The first-order valence-electron chi connectivity index (χ1n) is 10.1. The Morgan fingerprint density at radius 1 is 1.12 bits per heavy atom. The van der Waals surface area contributed by atoms with Crippen LogP contribution in [0.25, 0.3) is 0 Å². The lowest BCUT2D eigenvalue weighted by atomic mass is 10.0. The topological polar surface area (TPSA) is 108 Å². The molecule has 0 spiro atoms. The largest absolute Gasteiger partial charge is 0.471 e. The van der Waals surface area contributed by atoms with Crippen molar-refractivity contribution >= 4 is 29.3 Å². The molecule has 0 bridgehead atoms. The number of benzene rings is 1. The van der Waals surface area contributed by atoms with E-state index in [0.717, 1.165) is 6.07 Å². The second-order valence-electron chi connectivity index (χ2n) is 7.62. The minimum absolute atomic E-state index is 0.0898. The van der Waals surface area contributed by atoms with Crippen molar-refractivity contribution in [3.05, 3.63) is 29.1 Å². The number of carbonyl (C=O) groups excluding carboxylic acids is 4. The number of imide groups is 1. The number of hydrogen-bond donors (Lipinski definition) is 3. The predicted molar refractivity (Wildman–Crippen MR) is 104 cm³/mol. The minimum atomic E-state index is -4.90. The molecule has 12 heteroatoms. The highest BCUT2D eigenvalue weighted by molar-refractivity contribution is 6.06. The molecule has 8 nitrogen and oxygen atoms in total. The van der Waals surface area contributed by atoms with E-state index < -0.39 is 41.7 Å². The van der Waals surface area contributed by atoms with Gasteiger partial charge in [-0.3, -0.25) is 24.5 Å². The van der Waals surface area contributed by atoms with Crippen LogP contribution in [-0.4, -0.2) is 53.8 Å². The molecular weight excluding hydrogens is 436 g/mol. The van der Waals surface area contributed by atoms with Gasteiger partial charge in [0.15, 0.2) is 0 Å². The van der Waals surface area contributed by atoms with Crippen LogP contribution in [0.4, 0.5) is 23.2 Å². The Labute approximate surface area is 180 Å². The number of halogens is 4. The normalized spacial score (nSPS) is 18.4. The van der Waals surface area contributed by atoms with Gasteiger partial charge in [-0.2, -0.15) is 13.2 Å². The fourth-order valence-electron chi connectivity index (χ4n) is 3.74. The second kappa shape index (κ2) is 9.53. The van der Waals surface area contributed by atoms with Gasteiger partial charge in [-0.05, 0) is 37.8 Å². The van der Waals surface area contributed by atoms with Crippen molar-refractivity contribution in [2.24, 2.45) is 0 Å². The Morgan fingerprint density at radius 2 is 1.84 bits per heavy atom. The van der Waals surface area contributed by atoms with Crippen molar-refractivity contribution in [2.75, 3.05) is 18.4 Å². The van der Waals surface area contributed by atoms with E-state index in [-0.39, 0.29) is 31.5 Å². The Balaban J connectivity index is 1.53. The van der Waals surface area contributed by atoms with E-state index in [9.17, 15) is 36.7 Å². The summed E-state index contributed by atoms with van der Waals surface area (Å²) >= 11 is 0. The number of carbonyl (C=O) groups is 4. The van der Waals surface area contributed by atoms with E-state index in [4.69, 9.17) is 0 Å². The quantitative estimate of drug-likeness (QED) is 0.313. The SMILES string of the molecule is O=C1CCC(N2Cc3c(NCCCCCNC(=O)C(F)(F)F)cc(F)cc3C2=O)C(=O)N1. The van der Waals surface area contributed by atoms with Crippen LogP contribution in [0.1, 0.15) is 48.0 Å². The summed E-state index contributed by atoms with van der Waals surface area (Å²) in [4.78, 5) is 48.3. The first-order chi connectivity index (χ1) is 15.1. The van der Waals surface area contributed by atoms with Gasteiger partial charge in [-0.25, -0.2) is 4.39 Å². The number of fused-ring (bicyclic) bond motifs is 1. The Kier molecular flexibility index (Phi) is 6.99. The summed E-state index contributed by atoms with van der Waals surface area (Å²) in [7, 11) is 0. The van der Waals surface area contributed by atoms with Crippen LogP contribution in [0.15, 0.2) is 12.1 Å². The summed E-state index contributed by atoms with van der Waals surface area (Å²) < 4.78 is 50.4. The number of amides is 4. The van der Waals surface area contributed by atoms with E-state index in [1.54, 1.807) is 5.32 Å². The highest BCUT2D eigenvalue weighted by Crippen LogP contribution is 2.33. The first kappa shape index (κ1) is 23.5. The number of hydrogen-bond acceptors (Lipinski definition) is 5. The number of nitrogens with one attached hydrogen (secondary N) is 3. The number of alkyl halides is 3. The predicted octanol–water partition coefficient (Wildman–Crippen LogP) is 1.85. The number of nitrogens with zero attached hydrogens (tertiary/aromatic N) is 1. The summed E-state index contributed by atoms with van der Waals surface area (Å²) in [5, 5.41) is 7.02. The van der Waals surface area contributed by atoms with Crippen molar-refractivity contribution in [2.45, 2.75) is 50.9 Å². The molecule has 1 atom stereocenters. The van der Waals surface area contributed by atoms with E-state index in [2.05, 4.69) is 10.6 Å². The molecule has 0 radical (unpaired) electrons. The third-order valence-electron chi connectivity index (χ3n) is 5.33. The maximum Gasteiger partial charge on any atom is 0.471 e. The molecule has 0 aromatic heterocycles. The summed E-state index contributed by atoms with van der Waals surface area (Å²) in [5.74, 6) is -4.05. The first-order valence-corrected chi connectivity index (χ1v) is 10.1. The Hall–Kier alpha value is -3.18. The Morgan fingerprint density at radius 3 is 2.53 bits per heavy atom. The fourth-order valence-corrected chi connectivity index (χ4v) is 3.74. The van der Waals surface area contributed by atoms with E-state index >= 15 is 0 Å². The summed E-state index contributed by atoms with van der Waals surface area (Å²) in [6.07, 6.45) is -3.20. The molecule has 1 aromatic carbocycles. The molecule has 2 heterocycles. The summed E-state index contributed by atoms with van der Waals surface area (Å²) in [6, 6.07) is 1.54.